The van der Waals surface area contributed by atoms with Crippen molar-refractivity contribution in [2.24, 2.45) is 5.16 Å². The highest BCUT2D eigenvalue weighted by atomic mass is 16.8. The Hall–Kier alpha value is -1.71. The van der Waals surface area contributed by atoms with Crippen LogP contribution in [0.1, 0.15) is 33.3 Å². The summed E-state index contributed by atoms with van der Waals surface area (Å²) >= 11 is 0. The topological polar surface area (TPSA) is 114 Å². The normalized spacial score (nSPS) is 41.9. The van der Waals surface area contributed by atoms with E-state index >= 15 is 0 Å². The van der Waals surface area contributed by atoms with E-state index in [4.69, 9.17) is 52.2 Å². The molecule has 6 aliphatic heterocycles. The second-order valence-corrected chi connectivity index (χ2v) is 11.8. The Bertz CT molecular complexity index is 1020. The zero-order valence-electron chi connectivity index (χ0n) is 23.1. The molecule has 0 N–H and O–H groups in total. The lowest BCUT2D eigenvalue weighted by molar-refractivity contribution is -0.206. The molecule has 10 atom stereocenters. The van der Waals surface area contributed by atoms with Gasteiger partial charge in [-0.1, -0.05) is 35.5 Å². The number of rotatable bonds is 9. The number of hydrogen-bond donors (Lipinski definition) is 0. The van der Waals surface area contributed by atoms with Gasteiger partial charge in [-0.2, -0.15) is 0 Å². The summed E-state index contributed by atoms with van der Waals surface area (Å²) in [5.41, 5.74) is 1.56. The van der Waals surface area contributed by atoms with Crippen molar-refractivity contribution in [3.05, 3.63) is 35.9 Å². The van der Waals surface area contributed by atoms with Crippen LogP contribution in [0.15, 0.2) is 35.5 Å². The fourth-order valence-electron chi connectivity index (χ4n) is 6.21. The van der Waals surface area contributed by atoms with E-state index in [-0.39, 0.29) is 49.8 Å². The predicted molar refractivity (Wildman–Crippen MR) is 135 cm³/mol. The van der Waals surface area contributed by atoms with Crippen LogP contribution in [-0.4, -0.2) is 105 Å². The maximum absolute atomic E-state index is 6.39. The van der Waals surface area contributed by atoms with Crippen LogP contribution in [-0.2, 0) is 58.8 Å². The average Bonchev–Trinajstić information content (AvgIpc) is 3.68. The summed E-state index contributed by atoms with van der Waals surface area (Å²) in [7, 11) is 0. The van der Waals surface area contributed by atoms with Gasteiger partial charge in [0.05, 0.1) is 26.4 Å². The molecule has 0 radical (unpaired) electrons. The van der Waals surface area contributed by atoms with Crippen molar-refractivity contribution in [2.45, 2.75) is 107 Å². The molecule has 0 saturated carbocycles. The maximum atomic E-state index is 6.39. The first-order valence-electron chi connectivity index (χ1n) is 13.9. The van der Waals surface area contributed by atoms with Gasteiger partial charge in [0.1, 0.15) is 61.2 Å². The van der Waals surface area contributed by atoms with Crippen LogP contribution < -0.4 is 0 Å². The summed E-state index contributed by atoms with van der Waals surface area (Å²) in [5, 5.41) is 4.42. The van der Waals surface area contributed by atoms with Gasteiger partial charge in [0.15, 0.2) is 24.2 Å². The summed E-state index contributed by atoms with van der Waals surface area (Å²) in [6.07, 6.45) is -3.72. The Morgan fingerprint density at radius 1 is 0.750 bits per heavy atom. The molecule has 6 saturated heterocycles. The monoisotopic (exact) mass is 563 g/mol. The molecular formula is C28H37NO11. The van der Waals surface area contributed by atoms with E-state index in [0.717, 1.165) is 5.56 Å². The lowest BCUT2D eigenvalue weighted by Gasteiger charge is -2.35. The standard InChI is InChI=1S/C28H37NO11/c1-27(2)37-21-19(17-13-32-25(35-17)23(21)39-27)30-11-16(29-34-10-15-8-6-5-7-9-15)12-31-20-18-14-33-26(36-18)24-22(20)38-28(3,4)40-24/h5-9,17-26H,10-14H2,1-4H3/t17-,18-,19-,20-,21+,22+,23+,24+,25-,26-/m1/s1. The van der Waals surface area contributed by atoms with Gasteiger partial charge < -0.3 is 52.2 Å². The summed E-state index contributed by atoms with van der Waals surface area (Å²) in [4.78, 5) is 5.73. The SMILES string of the molecule is CC1(C)O[C@@H]2[C@H](O1)[C@@H]1OC[C@@H](O1)[C@H]2OCC(CO[C@H]1[C@@H]2OC(C)(C)O[C@@H]2[C@@H]2OC[C@H]1O2)=NOCc1ccccc1. The molecule has 12 nitrogen and oxygen atoms in total. The van der Waals surface area contributed by atoms with Gasteiger partial charge in [0.2, 0.25) is 0 Å². The van der Waals surface area contributed by atoms with E-state index in [1.165, 1.54) is 0 Å². The molecular weight excluding hydrogens is 526 g/mol. The molecule has 40 heavy (non-hydrogen) atoms. The first kappa shape index (κ1) is 27.1. The minimum Gasteiger partial charge on any atom is -0.391 e. The zero-order valence-corrected chi connectivity index (χ0v) is 23.1. The van der Waals surface area contributed by atoms with E-state index in [1.54, 1.807) is 0 Å². The number of oxime groups is 1. The first-order valence-corrected chi connectivity index (χ1v) is 13.9. The zero-order chi connectivity index (χ0) is 27.5. The largest absolute Gasteiger partial charge is 0.391 e. The van der Waals surface area contributed by atoms with Gasteiger partial charge in [-0.25, -0.2) is 0 Å². The van der Waals surface area contributed by atoms with Gasteiger partial charge in [-0.05, 0) is 33.3 Å². The van der Waals surface area contributed by atoms with E-state index in [1.807, 2.05) is 58.0 Å². The van der Waals surface area contributed by atoms with Crippen LogP contribution in [0.5, 0.6) is 0 Å². The van der Waals surface area contributed by atoms with Gasteiger partial charge in [0.25, 0.3) is 0 Å². The minimum atomic E-state index is -0.761. The van der Waals surface area contributed by atoms with Crippen LogP contribution in [0.2, 0.25) is 0 Å². The van der Waals surface area contributed by atoms with Crippen molar-refractivity contribution in [1.29, 1.82) is 0 Å². The third-order valence-corrected chi connectivity index (χ3v) is 7.86. The lowest BCUT2D eigenvalue weighted by Crippen LogP contribution is -2.54. The molecule has 4 bridgehead atoms. The highest BCUT2D eigenvalue weighted by molar-refractivity contribution is 5.86. The number of nitrogens with zero attached hydrogens (tertiary/aromatic N) is 1. The number of hydrogen-bond acceptors (Lipinski definition) is 12. The molecule has 1 aromatic carbocycles. The Morgan fingerprint density at radius 3 is 1.77 bits per heavy atom. The van der Waals surface area contributed by atoms with Crippen LogP contribution in [0.4, 0.5) is 0 Å². The molecule has 0 unspecified atom stereocenters. The van der Waals surface area contributed by atoms with Crippen molar-refractivity contribution in [3.63, 3.8) is 0 Å². The number of ether oxygens (including phenoxy) is 10. The molecule has 12 heteroatoms. The highest BCUT2D eigenvalue weighted by Crippen LogP contribution is 2.43. The van der Waals surface area contributed by atoms with Crippen molar-refractivity contribution < 1.29 is 52.2 Å². The minimum absolute atomic E-state index is 0.130. The molecule has 6 heterocycles. The Morgan fingerprint density at radius 2 is 1.25 bits per heavy atom. The Balaban J connectivity index is 1.05. The molecule has 1 aromatic rings. The second kappa shape index (κ2) is 10.5. The molecule has 6 fully saturated rings. The molecule has 0 aromatic heterocycles. The Kier molecular flexibility index (Phi) is 7.15. The predicted octanol–water partition coefficient (Wildman–Crippen LogP) is 1.88. The van der Waals surface area contributed by atoms with Crippen LogP contribution in [0, 0.1) is 0 Å². The molecule has 0 spiro atoms. The van der Waals surface area contributed by atoms with Gasteiger partial charge in [-0.3, -0.25) is 0 Å². The van der Waals surface area contributed by atoms with Crippen molar-refractivity contribution in [2.75, 3.05) is 26.4 Å². The van der Waals surface area contributed by atoms with Crippen LogP contribution in [0.25, 0.3) is 0 Å². The Labute approximate surface area is 233 Å². The lowest BCUT2D eigenvalue weighted by atomic mass is 10.0. The summed E-state index contributed by atoms with van der Waals surface area (Å²) in [5.74, 6) is -1.52. The van der Waals surface area contributed by atoms with Crippen molar-refractivity contribution in [1.82, 2.24) is 0 Å². The molecule has 7 rings (SSSR count). The molecule has 0 amide bonds. The van der Waals surface area contributed by atoms with Gasteiger partial charge in [-0.15, -0.1) is 0 Å². The van der Waals surface area contributed by atoms with E-state index < -0.39 is 36.4 Å². The average molecular weight is 564 g/mol. The van der Waals surface area contributed by atoms with E-state index in [2.05, 4.69) is 5.16 Å². The van der Waals surface area contributed by atoms with Crippen molar-refractivity contribution >= 4 is 5.71 Å². The highest BCUT2D eigenvalue weighted by Gasteiger charge is 2.60. The molecule has 220 valence electrons. The number of fused-ring (bicyclic) bond motifs is 8. The fourth-order valence-corrected chi connectivity index (χ4v) is 6.21. The second-order valence-electron chi connectivity index (χ2n) is 11.8. The third-order valence-electron chi connectivity index (χ3n) is 7.86. The van der Waals surface area contributed by atoms with Gasteiger partial charge in [0, 0.05) is 0 Å². The third kappa shape index (κ3) is 5.31. The van der Waals surface area contributed by atoms with E-state index in [0.29, 0.717) is 25.5 Å². The van der Waals surface area contributed by atoms with Crippen molar-refractivity contribution in [3.8, 4) is 0 Å². The van der Waals surface area contributed by atoms with Crippen LogP contribution >= 0.6 is 0 Å². The fraction of sp³-hybridized carbons (Fsp3) is 0.750. The summed E-state index contributed by atoms with van der Waals surface area (Å²) in [6, 6.07) is 9.83. The summed E-state index contributed by atoms with van der Waals surface area (Å²) < 4.78 is 61.0. The number of benzene rings is 1. The molecule has 0 aliphatic carbocycles. The smallest absolute Gasteiger partial charge is 0.187 e. The quantitative estimate of drug-likeness (QED) is 0.324. The van der Waals surface area contributed by atoms with Gasteiger partial charge >= 0.3 is 0 Å². The summed E-state index contributed by atoms with van der Waals surface area (Å²) in [6.45, 7) is 8.88. The van der Waals surface area contributed by atoms with Crippen LogP contribution in [0.3, 0.4) is 0 Å². The first-order chi connectivity index (χ1) is 19.2. The van der Waals surface area contributed by atoms with E-state index in [9.17, 15) is 0 Å². The maximum Gasteiger partial charge on any atom is 0.187 e. The molecule has 6 aliphatic rings.